The van der Waals surface area contributed by atoms with E-state index in [2.05, 4.69) is 21.7 Å². The number of aliphatic hydroxyl groups excluding tert-OH is 1. The number of carbonyl (C=O) groups excluding carboxylic acids is 1. The fraction of sp³-hybridized carbons (Fsp3) is 0.385. The first kappa shape index (κ1) is 22.5. The van der Waals surface area contributed by atoms with Gasteiger partial charge in [0.15, 0.2) is 5.82 Å². The van der Waals surface area contributed by atoms with E-state index in [1.165, 1.54) is 17.7 Å². The molecule has 6 rings (SSSR count). The minimum Gasteiger partial charge on any atom is -0.465 e. The van der Waals surface area contributed by atoms with Crippen molar-refractivity contribution in [3.63, 3.8) is 0 Å². The van der Waals surface area contributed by atoms with Crippen LogP contribution in [0.1, 0.15) is 23.2 Å². The maximum atomic E-state index is 13.3. The van der Waals surface area contributed by atoms with Crippen molar-refractivity contribution in [1.29, 1.82) is 0 Å². The Morgan fingerprint density at radius 3 is 2.69 bits per heavy atom. The van der Waals surface area contributed by atoms with Gasteiger partial charge in [0.25, 0.3) is 5.91 Å². The molecular weight excluding hydrogens is 460 g/mol. The zero-order valence-corrected chi connectivity index (χ0v) is 20.2. The molecule has 186 valence electrons. The molecule has 1 aromatic carbocycles. The Morgan fingerprint density at radius 1 is 1.17 bits per heavy atom. The highest BCUT2D eigenvalue weighted by molar-refractivity contribution is 5.98. The number of β-amino-alcohol motifs (C(OH)–C–C–N with tert-alkyl or cyclic N) is 1. The number of amides is 2. The van der Waals surface area contributed by atoms with E-state index in [4.69, 9.17) is 4.98 Å². The highest BCUT2D eigenvalue weighted by atomic mass is 16.4. The first-order valence-electron chi connectivity index (χ1n) is 12.2. The van der Waals surface area contributed by atoms with Crippen molar-refractivity contribution >= 4 is 34.1 Å². The molecule has 4 aromatic rings. The number of likely N-dealkylation sites (tertiary alicyclic amines) is 1. The minimum atomic E-state index is -1.10. The monoisotopic (exact) mass is 488 g/mol. The molecule has 2 N–H and O–H groups in total. The lowest BCUT2D eigenvalue weighted by atomic mass is 10.1. The number of pyridine rings is 1. The van der Waals surface area contributed by atoms with Crippen molar-refractivity contribution in [3.8, 4) is 11.5 Å². The molecule has 0 unspecified atom stereocenters. The number of benzene rings is 1. The van der Waals surface area contributed by atoms with Crippen LogP contribution in [0.4, 0.5) is 4.79 Å². The molecule has 10 nitrogen and oxygen atoms in total. The van der Waals surface area contributed by atoms with Gasteiger partial charge in [0, 0.05) is 44.3 Å². The van der Waals surface area contributed by atoms with Gasteiger partial charge < -0.3 is 29.1 Å². The Balaban J connectivity index is 1.35. The molecule has 0 spiro atoms. The summed E-state index contributed by atoms with van der Waals surface area (Å²) in [5.41, 5.74) is 3.99. The summed E-state index contributed by atoms with van der Waals surface area (Å²) in [6.07, 6.45) is 2.24. The molecule has 2 amide bonds. The number of carboxylic acid groups (broad SMARTS) is 1. The number of rotatable bonds is 5. The first-order chi connectivity index (χ1) is 17.3. The average Bonchev–Trinajstić information content (AvgIpc) is 3.37. The highest BCUT2D eigenvalue weighted by Crippen LogP contribution is 2.36. The molecule has 10 heteroatoms. The predicted molar refractivity (Wildman–Crippen MR) is 134 cm³/mol. The maximum absolute atomic E-state index is 13.3. The van der Waals surface area contributed by atoms with E-state index in [1.807, 2.05) is 29.9 Å². The van der Waals surface area contributed by atoms with Crippen molar-refractivity contribution in [3.05, 3.63) is 48.2 Å². The fourth-order valence-corrected chi connectivity index (χ4v) is 5.24. The number of likely N-dealkylation sites (N-methyl/N-ethyl adjacent to an activating group) is 1. The molecule has 1 saturated carbocycles. The van der Waals surface area contributed by atoms with Crippen LogP contribution in [-0.4, -0.2) is 83.4 Å². The third-order valence-corrected chi connectivity index (χ3v) is 7.50. The van der Waals surface area contributed by atoms with Crippen LogP contribution >= 0.6 is 0 Å². The highest BCUT2D eigenvalue weighted by Gasteiger charge is 2.38. The average molecular weight is 489 g/mol. The number of nitrogens with zero attached hydrogens (tertiary/aromatic N) is 6. The molecule has 2 aliphatic rings. The summed E-state index contributed by atoms with van der Waals surface area (Å²) in [4.78, 5) is 36.7. The minimum absolute atomic E-state index is 0.00995. The Kier molecular flexibility index (Phi) is 5.22. The van der Waals surface area contributed by atoms with Gasteiger partial charge in [-0.05, 0) is 55.2 Å². The quantitative estimate of drug-likeness (QED) is 0.446. The van der Waals surface area contributed by atoms with Gasteiger partial charge in [0.1, 0.15) is 5.65 Å². The van der Waals surface area contributed by atoms with Crippen LogP contribution in [0.2, 0.25) is 0 Å². The van der Waals surface area contributed by atoms with Crippen molar-refractivity contribution in [2.75, 3.05) is 20.1 Å². The van der Waals surface area contributed by atoms with Gasteiger partial charge in [-0.25, -0.2) is 14.8 Å². The standard InChI is InChI=1S/C26H28N6O4/c1-29-19-8-7-17(25(34)30(2)21-13-31(26(35)36)14-22(21)33)10-18(19)28-24(29)20-11-16-4-3-9-27-23(16)32(20)12-15-5-6-15/h3-4,7-11,15,21-22,33H,5-6,12-14H2,1-2H3,(H,35,36)/t21-,22+/m0/s1. The van der Waals surface area contributed by atoms with E-state index in [-0.39, 0.29) is 19.0 Å². The van der Waals surface area contributed by atoms with Gasteiger partial charge >= 0.3 is 6.09 Å². The van der Waals surface area contributed by atoms with Crippen LogP contribution in [0.25, 0.3) is 33.6 Å². The van der Waals surface area contributed by atoms with E-state index in [1.54, 1.807) is 19.2 Å². The third kappa shape index (κ3) is 3.69. The number of hydrogen-bond acceptors (Lipinski definition) is 5. The number of fused-ring (bicyclic) bond motifs is 2. The summed E-state index contributed by atoms with van der Waals surface area (Å²) >= 11 is 0. The smallest absolute Gasteiger partial charge is 0.407 e. The van der Waals surface area contributed by atoms with Crippen molar-refractivity contribution in [1.82, 2.24) is 28.9 Å². The Bertz CT molecular complexity index is 1500. The molecular formula is C26H28N6O4. The molecule has 4 heterocycles. The van der Waals surface area contributed by atoms with E-state index in [0.29, 0.717) is 17.0 Å². The van der Waals surface area contributed by atoms with E-state index in [9.17, 15) is 19.8 Å². The summed E-state index contributed by atoms with van der Waals surface area (Å²) < 4.78 is 4.29. The summed E-state index contributed by atoms with van der Waals surface area (Å²) in [7, 11) is 3.57. The molecule has 0 radical (unpaired) electrons. The Morgan fingerprint density at radius 2 is 1.97 bits per heavy atom. The number of hydrogen-bond donors (Lipinski definition) is 2. The van der Waals surface area contributed by atoms with Gasteiger partial charge in [-0.15, -0.1) is 0 Å². The normalized spacial score (nSPS) is 19.9. The van der Waals surface area contributed by atoms with E-state index in [0.717, 1.165) is 39.5 Å². The summed E-state index contributed by atoms with van der Waals surface area (Å²) in [6.45, 7) is 0.975. The van der Waals surface area contributed by atoms with Crippen LogP contribution in [0, 0.1) is 5.92 Å². The summed E-state index contributed by atoms with van der Waals surface area (Å²) in [6, 6.07) is 10.9. The molecule has 1 aliphatic carbocycles. The van der Waals surface area contributed by atoms with Crippen LogP contribution in [0.15, 0.2) is 42.6 Å². The summed E-state index contributed by atoms with van der Waals surface area (Å²) in [5, 5.41) is 20.7. The van der Waals surface area contributed by atoms with Gasteiger partial charge in [0.05, 0.1) is 35.4 Å². The zero-order valence-electron chi connectivity index (χ0n) is 20.2. The molecule has 36 heavy (non-hydrogen) atoms. The second-order valence-corrected chi connectivity index (χ2v) is 9.94. The van der Waals surface area contributed by atoms with E-state index < -0.39 is 18.2 Å². The number of aliphatic hydroxyl groups is 1. The second kappa shape index (κ2) is 8.34. The SMILES string of the molecule is CN(C(=O)c1ccc2c(c1)nc(-c1cc3cccnc3n1CC1CC1)n2C)[C@H]1CN(C(=O)O)C[C@H]1O. The van der Waals surface area contributed by atoms with Crippen LogP contribution in [0.3, 0.4) is 0 Å². The molecule has 2 atom stereocenters. The molecule has 1 aliphatic heterocycles. The third-order valence-electron chi connectivity index (χ3n) is 7.50. The lowest BCUT2D eigenvalue weighted by Crippen LogP contribution is -2.44. The zero-order chi connectivity index (χ0) is 25.1. The lowest BCUT2D eigenvalue weighted by Gasteiger charge is -2.26. The van der Waals surface area contributed by atoms with Crippen LogP contribution < -0.4 is 0 Å². The van der Waals surface area contributed by atoms with Crippen LogP contribution in [-0.2, 0) is 13.6 Å². The number of carbonyl (C=O) groups is 2. The van der Waals surface area contributed by atoms with Gasteiger partial charge in [0.2, 0.25) is 0 Å². The number of aryl methyl sites for hydroxylation is 1. The largest absolute Gasteiger partial charge is 0.465 e. The van der Waals surface area contributed by atoms with Gasteiger partial charge in [-0.1, -0.05) is 0 Å². The first-order valence-corrected chi connectivity index (χ1v) is 12.2. The lowest BCUT2D eigenvalue weighted by molar-refractivity contribution is 0.0581. The Labute approximate surface area is 207 Å². The van der Waals surface area contributed by atoms with Gasteiger partial charge in [-0.2, -0.15) is 0 Å². The molecule has 0 bridgehead atoms. The Hall–Kier alpha value is -3.92. The summed E-state index contributed by atoms with van der Waals surface area (Å²) in [5.74, 6) is 1.19. The van der Waals surface area contributed by atoms with Crippen molar-refractivity contribution in [2.45, 2.75) is 31.5 Å². The number of imidazole rings is 1. The fourth-order valence-electron chi connectivity index (χ4n) is 5.24. The molecule has 2 fully saturated rings. The second-order valence-electron chi connectivity index (χ2n) is 9.94. The molecule has 3 aromatic heterocycles. The molecule has 1 saturated heterocycles. The maximum Gasteiger partial charge on any atom is 0.407 e. The van der Waals surface area contributed by atoms with Gasteiger partial charge in [-0.3, -0.25) is 4.79 Å². The van der Waals surface area contributed by atoms with Crippen molar-refractivity contribution in [2.24, 2.45) is 13.0 Å². The predicted octanol–water partition coefficient (Wildman–Crippen LogP) is 2.80. The van der Waals surface area contributed by atoms with Crippen molar-refractivity contribution < 1.29 is 19.8 Å². The number of aromatic nitrogens is 4. The topological polar surface area (TPSA) is 117 Å². The van der Waals surface area contributed by atoms with Crippen LogP contribution in [0.5, 0.6) is 0 Å². The van der Waals surface area contributed by atoms with E-state index >= 15 is 0 Å².